The van der Waals surface area contributed by atoms with E-state index < -0.39 is 0 Å². The molecule has 174 valence electrons. The molecule has 2 heterocycles. The lowest BCUT2D eigenvalue weighted by Gasteiger charge is -2.10. The third kappa shape index (κ3) is 4.13. The van der Waals surface area contributed by atoms with Gasteiger partial charge >= 0.3 is 0 Å². The molecule has 0 radical (unpaired) electrons. The van der Waals surface area contributed by atoms with Crippen molar-refractivity contribution in [3.05, 3.63) is 94.9 Å². The van der Waals surface area contributed by atoms with Crippen molar-refractivity contribution in [2.24, 2.45) is 0 Å². The summed E-state index contributed by atoms with van der Waals surface area (Å²) in [4.78, 5) is 19.6. The van der Waals surface area contributed by atoms with Gasteiger partial charge in [0.2, 0.25) is 5.78 Å². The predicted octanol–water partition coefficient (Wildman–Crippen LogP) is 6.77. The van der Waals surface area contributed by atoms with E-state index >= 15 is 0 Å². The first-order valence-corrected chi connectivity index (χ1v) is 11.9. The van der Waals surface area contributed by atoms with Crippen LogP contribution in [0.15, 0.2) is 78.9 Å². The van der Waals surface area contributed by atoms with Gasteiger partial charge in [-0.2, -0.15) is 0 Å². The molecule has 0 saturated heterocycles. The van der Waals surface area contributed by atoms with Crippen molar-refractivity contribution in [2.45, 2.75) is 6.92 Å². The Hall–Kier alpha value is -4.16. The van der Waals surface area contributed by atoms with Crippen LogP contribution in [0.1, 0.15) is 20.8 Å². The van der Waals surface area contributed by atoms with E-state index in [1.54, 1.807) is 32.4 Å². The molecule has 5 rings (SSSR count). The van der Waals surface area contributed by atoms with Crippen LogP contribution in [0.4, 0.5) is 5.69 Å². The van der Waals surface area contributed by atoms with Gasteiger partial charge in [0.05, 0.1) is 25.6 Å². The lowest BCUT2D eigenvalue weighted by Crippen LogP contribution is -2.03. The van der Waals surface area contributed by atoms with E-state index in [0.717, 1.165) is 32.6 Å². The molecular weight excluding hydrogens is 456 g/mol. The van der Waals surface area contributed by atoms with Crippen molar-refractivity contribution in [1.29, 1.82) is 0 Å². The first-order valence-electron chi connectivity index (χ1n) is 11.1. The van der Waals surface area contributed by atoms with Crippen LogP contribution < -0.4 is 15.2 Å². The van der Waals surface area contributed by atoms with Crippen molar-refractivity contribution >= 4 is 33.0 Å². The zero-order valence-corrected chi connectivity index (χ0v) is 20.5. The van der Waals surface area contributed by atoms with Gasteiger partial charge in [0, 0.05) is 16.5 Å². The highest BCUT2D eigenvalue weighted by atomic mass is 32.1. The summed E-state index contributed by atoms with van der Waals surface area (Å²) in [6.07, 6.45) is 0. The number of ketones is 1. The summed E-state index contributed by atoms with van der Waals surface area (Å²) in [5.74, 6) is 0.870. The van der Waals surface area contributed by atoms with Crippen LogP contribution in [-0.4, -0.2) is 25.0 Å². The number of hydrogen-bond acceptors (Lipinski definition) is 6. The number of ether oxygens (including phenoxy) is 2. The molecule has 0 aliphatic heterocycles. The van der Waals surface area contributed by atoms with E-state index in [0.29, 0.717) is 27.6 Å². The molecule has 35 heavy (non-hydrogen) atoms. The number of methoxy groups -OCH3 is 2. The van der Waals surface area contributed by atoms with E-state index in [9.17, 15) is 4.79 Å². The van der Waals surface area contributed by atoms with Crippen LogP contribution >= 0.6 is 11.3 Å². The van der Waals surface area contributed by atoms with Gasteiger partial charge in [-0.05, 0) is 42.3 Å². The maximum absolute atomic E-state index is 13.6. The third-order valence-corrected chi connectivity index (χ3v) is 7.08. The first kappa shape index (κ1) is 22.6. The van der Waals surface area contributed by atoms with Crippen LogP contribution in [0, 0.1) is 6.92 Å². The van der Waals surface area contributed by atoms with Crippen molar-refractivity contribution in [2.75, 3.05) is 20.0 Å². The molecule has 0 unspecified atom stereocenters. The van der Waals surface area contributed by atoms with E-state index in [2.05, 4.69) is 37.3 Å². The molecule has 0 fully saturated rings. The van der Waals surface area contributed by atoms with Gasteiger partial charge in [0.25, 0.3) is 0 Å². The van der Waals surface area contributed by atoms with Gasteiger partial charge in [-0.15, -0.1) is 11.3 Å². The maximum Gasteiger partial charge on any atom is 0.205 e. The lowest BCUT2D eigenvalue weighted by molar-refractivity contribution is 0.104. The summed E-state index contributed by atoms with van der Waals surface area (Å²) in [5.41, 5.74) is 12.5. The fraction of sp³-hybridized carbons (Fsp3) is 0.103. The number of pyridine rings is 1. The van der Waals surface area contributed by atoms with Crippen LogP contribution in [0.25, 0.3) is 32.6 Å². The number of aryl methyl sites for hydroxylation is 1. The molecule has 0 amide bonds. The molecule has 0 aliphatic rings. The second kappa shape index (κ2) is 9.24. The van der Waals surface area contributed by atoms with Crippen LogP contribution in [-0.2, 0) is 0 Å². The molecule has 5 nitrogen and oxygen atoms in total. The van der Waals surface area contributed by atoms with Crippen molar-refractivity contribution in [3.8, 4) is 33.9 Å². The molecule has 3 aromatic carbocycles. The molecule has 6 heteroatoms. The molecule has 5 aromatic rings. The Morgan fingerprint density at radius 2 is 1.57 bits per heavy atom. The minimum atomic E-state index is -0.178. The minimum Gasteiger partial charge on any atom is -0.493 e. The molecule has 0 saturated carbocycles. The number of nitrogens with zero attached hydrogens (tertiary/aromatic N) is 1. The Bertz CT molecular complexity index is 1540. The van der Waals surface area contributed by atoms with Gasteiger partial charge in [-0.1, -0.05) is 60.2 Å². The van der Waals surface area contributed by atoms with Crippen LogP contribution in [0.2, 0.25) is 0 Å². The second-order valence-electron chi connectivity index (χ2n) is 8.21. The highest BCUT2D eigenvalue weighted by molar-refractivity contribution is 7.21. The molecule has 0 spiro atoms. The summed E-state index contributed by atoms with van der Waals surface area (Å²) >= 11 is 1.31. The monoisotopic (exact) mass is 480 g/mol. The average Bonchev–Trinajstić information content (AvgIpc) is 3.24. The fourth-order valence-corrected chi connectivity index (χ4v) is 5.20. The number of anilines is 1. The van der Waals surface area contributed by atoms with Gasteiger partial charge in [-0.25, -0.2) is 4.98 Å². The maximum atomic E-state index is 13.6. The zero-order valence-electron chi connectivity index (χ0n) is 19.7. The van der Waals surface area contributed by atoms with Gasteiger partial charge in [-0.3, -0.25) is 4.79 Å². The SMILES string of the molecule is COc1ccc(C(=O)c2sc3nc(-c4ccccc4)cc(-c4ccc(C)cc4)c3c2N)cc1OC. The van der Waals surface area contributed by atoms with Crippen LogP contribution in [0.5, 0.6) is 11.5 Å². The molecule has 0 bridgehead atoms. The summed E-state index contributed by atoms with van der Waals surface area (Å²) in [6.45, 7) is 2.06. The number of carbonyl (C=O) groups excluding carboxylic acids is 1. The fourth-order valence-electron chi connectivity index (χ4n) is 4.12. The third-order valence-electron chi connectivity index (χ3n) is 5.98. The van der Waals surface area contributed by atoms with Crippen molar-refractivity contribution < 1.29 is 14.3 Å². The predicted molar refractivity (Wildman–Crippen MR) is 143 cm³/mol. The number of hydrogen-bond donors (Lipinski definition) is 1. The quantitative estimate of drug-likeness (QED) is 0.272. The Labute approximate surface area is 207 Å². The number of fused-ring (bicyclic) bond motifs is 1. The van der Waals surface area contributed by atoms with Crippen LogP contribution in [0.3, 0.4) is 0 Å². The largest absolute Gasteiger partial charge is 0.493 e. The minimum absolute atomic E-state index is 0.178. The van der Waals surface area contributed by atoms with E-state index in [4.69, 9.17) is 20.2 Å². The number of nitrogens with two attached hydrogens (primary N) is 1. The topological polar surface area (TPSA) is 74.4 Å². The second-order valence-corrected chi connectivity index (χ2v) is 9.21. The summed E-state index contributed by atoms with van der Waals surface area (Å²) in [7, 11) is 3.11. The van der Waals surface area contributed by atoms with Gasteiger partial charge in [0.1, 0.15) is 9.71 Å². The summed E-state index contributed by atoms with van der Waals surface area (Å²) in [5, 5.41) is 0.794. The Balaban J connectivity index is 1.71. The summed E-state index contributed by atoms with van der Waals surface area (Å²) in [6, 6.07) is 25.5. The molecular formula is C29H24N2O3S. The Kier molecular flexibility index (Phi) is 5.97. The highest BCUT2D eigenvalue weighted by Crippen LogP contribution is 2.42. The number of aromatic nitrogens is 1. The van der Waals surface area contributed by atoms with Crippen molar-refractivity contribution in [1.82, 2.24) is 4.98 Å². The van der Waals surface area contributed by atoms with E-state index in [1.165, 1.54) is 16.9 Å². The zero-order chi connectivity index (χ0) is 24.5. The van der Waals surface area contributed by atoms with E-state index in [-0.39, 0.29) is 5.78 Å². The number of rotatable bonds is 6. The Morgan fingerprint density at radius 3 is 2.26 bits per heavy atom. The Morgan fingerprint density at radius 1 is 0.857 bits per heavy atom. The van der Waals surface area contributed by atoms with E-state index in [1.807, 2.05) is 30.3 Å². The van der Waals surface area contributed by atoms with Crippen molar-refractivity contribution in [3.63, 3.8) is 0 Å². The number of thiophene rings is 1. The molecule has 2 N–H and O–H groups in total. The van der Waals surface area contributed by atoms with Gasteiger partial charge in [0.15, 0.2) is 11.5 Å². The summed E-state index contributed by atoms with van der Waals surface area (Å²) < 4.78 is 10.7. The first-order chi connectivity index (χ1) is 17.0. The number of carbonyl (C=O) groups is 1. The highest BCUT2D eigenvalue weighted by Gasteiger charge is 2.23. The normalized spacial score (nSPS) is 10.9. The number of benzene rings is 3. The lowest BCUT2D eigenvalue weighted by atomic mass is 9.98. The molecule has 2 aromatic heterocycles. The number of nitrogen functional groups attached to an aromatic ring is 1. The average molecular weight is 481 g/mol. The smallest absolute Gasteiger partial charge is 0.205 e. The van der Waals surface area contributed by atoms with Gasteiger partial charge < -0.3 is 15.2 Å². The molecule has 0 aliphatic carbocycles. The standard InChI is InChI=1S/C29H24N2O3S/c1-17-9-11-18(12-10-17)21-16-22(19-7-5-4-6-8-19)31-29-25(21)26(30)28(35-29)27(32)20-13-14-23(33-2)24(15-20)34-3/h4-16H,30H2,1-3H3. The molecule has 0 atom stereocenters.